The fraction of sp³-hybridized carbons (Fsp3) is 0.571. The normalized spacial score (nSPS) is 13.4. The molecule has 0 fully saturated rings. The van der Waals surface area contributed by atoms with Crippen LogP contribution in [0.25, 0.3) is 0 Å². The predicted molar refractivity (Wildman–Crippen MR) is 44.5 cm³/mol. The van der Waals surface area contributed by atoms with Crippen molar-refractivity contribution >= 4 is 11.3 Å². The maximum absolute atomic E-state index is 12.7. The number of hydrogen-bond donors (Lipinski definition) is 1. The van der Waals surface area contributed by atoms with Crippen LogP contribution in [0.15, 0.2) is 5.38 Å². The monoisotopic (exact) mass is 174 g/mol. The molecule has 2 N–H and O–H groups in total. The molecule has 0 aromatic carbocycles. The van der Waals surface area contributed by atoms with Gasteiger partial charge in [0.25, 0.3) is 0 Å². The first-order chi connectivity index (χ1) is 5.22. The molecule has 0 amide bonds. The van der Waals surface area contributed by atoms with Crippen LogP contribution in [0.2, 0.25) is 0 Å². The smallest absolute Gasteiger partial charge is 0.118 e. The Morgan fingerprint density at radius 2 is 2.55 bits per heavy atom. The number of nitrogens with two attached hydrogens (primary N) is 1. The van der Waals surface area contributed by atoms with Crippen molar-refractivity contribution in [3.63, 3.8) is 0 Å². The first kappa shape index (κ1) is 8.62. The van der Waals surface area contributed by atoms with E-state index in [9.17, 15) is 4.39 Å². The lowest BCUT2D eigenvalue weighted by atomic mass is 10.2. The summed E-state index contributed by atoms with van der Waals surface area (Å²) in [6, 6.07) is 0. The zero-order valence-corrected chi connectivity index (χ0v) is 7.20. The Morgan fingerprint density at radius 1 is 1.82 bits per heavy atom. The topological polar surface area (TPSA) is 38.9 Å². The second kappa shape index (κ2) is 3.78. The maximum Gasteiger partial charge on any atom is 0.118 e. The number of halogens is 1. The van der Waals surface area contributed by atoms with Crippen LogP contribution in [-0.2, 0) is 6.42 Å². The third-order valence-electron chi connectivity index (χ3n) is 1.35. The molecule has 4 heteroatoms. The van der Waals surface area contributed by atoms with E-state index in [1.54, 1.807) is 0 Å². The average Bonchev–Trinajstić information content (AvgIpc) is 2.35. The molecule has 62 valence electrons. The lowest BCUT2D eigenvalue weighted by molar-refractivity contribution is 0.338. The molecule has 0 spiro atoms. The van der Waals surface area contributed by atoms with Crippen molar-refractivity contribution in [2.45, 2.75) is 19.5 Å². The van der Waals surface area contributed by atoms with Crippen LogP contribution in [0.3, 0.4) is 0 Å². The Kier molecular flexibility index (Phi) is 2.96. The second-order valence-corrected chi connectivity index (χ2v) is 3.46. The van der Waals surface area contributed by atoms with Crippen LogP contribution < -0.4 is 5.73 Å². The standard InChI is InChI=1S/C7H11FN2S/c1-5-10-7(4-11-5)2-6(8)3-9/h4,6H,2-3,9H2,1H3. The van der Waals surface area contributed by atoms with Gasteiger partial charge in [0.15, 0.2) is 0 Å². The SMILES string of the molecule is Cc1nc(CC(F)CN)cs1. The lowest BCUT2D eigenvalue weighted by Crippen LogP contribution is -2.17. The Hall–Kier alpha value is -0.480. The van der Waals surface area contributed by atoms with Gasteiger partial charge < -0.3 is 5.73 Å². The molecule has 0 saturated carbocycles. The van der Waals surface area contributed by atoms with Gasteiger partial charge in [-0.1, -0.05) is 0 Å². The molecule has 0 aliphatic carbocycles. The van der Waals surface area contributed by atoms with Crippen LogP contribution in [0, 0.1) is 6.92 Å². The van der Waals surface area contributed by atoms with Crippen molar-refractivity contribution in [2.75, 3.05) is 6.54 Å². The number of aromatic nitrogens is 1. The molecule has 1 unspecified atom stereocenters. The van der Waals surface area contributed by atoms with Gasteiger partial charge in [-0.05, 0) is 6.92 Å². The van der Waals surface area contributed by atoms with E-state index in [4.69, 9.17) is 5.73 Å². The molecule has 1 atom stereocenters. The lowest BCUT2D eigenvalue weighted by Gasteiger charge is -1.99. The van der Waals surface area contributed by atoms with E-state index in [-0.39, 0.29) is 6.54 Å². The van der Waals surface area contributed by atoms with Gasteiger partial charge in [-0.25, -0.2) is 9.37 Å². The minimum atomic E-state index is -0.948. The van der Waals surface area contributed by atoms with E-state index in [0.717, 1.165) is 10.7 Å². The molecule has 1 rings (SSSR count). The molecule has 11 heavy (non-hydrogen) atoms. The van der Waals surface area contributed by atoms with E-state index in [0.29, 0.717) is 6.42 Å². The van der Waals surface area contributed by atoms with Gasteiger partial charge in [0.2, 0.25) is 0 Å². The summed E-state index contributed by atoms with van der Waals surface area (Å²) in [5.74, 6) is 0. The van der Waals surface area contributed by atoms with Crippen molar-refractivity contribution in [3.8, 4) is 0 Å². The summed E-state index contributed by atoms with van der Waals surface area (Å²) in [6.07, 6.45) is -0.600. The fourth-order valence-corrected chi connectivity index (χ4v) is 1.44. The fourth-order valence-electron chi connectivity index (χ4n) is 0.812. The number of alkyl halides is 1. The number of hydrogen-bond acceptors (Lipinski definition) is 3. The van der Waals surface area contributed by atoms with Gasteiger partial charge in [-0.15, -0.1) is 11.3 Å². The molecular formula is C7H11FN2S. The zero-order valence-electron chi connectivity index (χ0n) is 6.38. The van der Waals surface area contributed by atoms with Gasteiger partial charge in [-0.3, -0.25) is 0 Å². The van der Waals surface area contributed by atoms with E-state index in [2.05, 4.69) is 4.98 Å². The summed E-state index contributed by atoms with van der Waals surface area (Å²) in [6.45, 7) is 1.99. The number of nitrogens with zero attached hydrogens (tertiary/aromatic N) is 1. The van der Waals surface area contributed by atoms with Gasteiger partial charge in [0.1, 0.15) is 6.17 Å². The van der Waals surface area contributed by atoms with E-state index < -0.39 is 6.17 Å². The van der Waals surface area contributed by atoms with Crippen molar-refractivity contribution in [2.24, 2.45) is 5.73 Å². The summed E-state index contributed by atoms with van der Waals surface area (Å²) in [7, 11) is 0. The summed E-state index contributed by atoms with van der Waals surface area (Å²) in [5.41, 5.74) is 5.94. The largest absolute Gasteiger partial charge is 0.328 e. The molecular weight excluding hydrogens is 163 g/mol. The molecule has 0 saturated heterocycles. The van der Waals surface area contributed by atoms with Crippen molar-refractivity contribution in [3.05, 3.63) is 16.1 Å². The van der Waals surface area contributed by atoms with Crippen molar-refractivity contribution < 1.29 is 4.39 Å². The highest BCUT2D eigenvalue weighted by molar-refractivity contribution is 7.09. The quantitative estimate of drug-likeness (QED) is 0.750. The first-order valence-corrected chi connectivity index (χ1v) is 4.35. The summed E-state index contributed by atoms with van der Waals surface area (Å²) in [4.78, 5) is 4.12. The van der Waals surface area contributed by atoms with E-state index in [1.165, 1.54) is 11.3 Å². The molecule has 1 heterocycles. The minimum absolute atomic E-state index is 0.0799. The van der Waals surface area contributed by atoms with Gasteiger partial charge in [0, 0.05) is 18.3 Å². The first-order valence-electron chi connectivity index (χ1n) is 3.47. The Labute approximate surface area is 69.3 Å². The van der Waals surface area contributed by atoms with E-state index in [1.807, 2.05) is 12.3 Å². The third-order valence-corrected chi connectivity index (χ3v) is 2.18. The summed E-state index contributed by atoms with van der Waals surface area (Å²) in [5, 5.41) is 2.85. The van der Waals surface area contributed by atoms with Crippen LogP contribution in [-0.4, -0.2) is 17.7 Å². The van der Waals surface area contributed by atoms with Crippen LogP contribution in [0.5, 0.6) is 0 Å². The molecule has 0 radical (unpaired) electrons. The van der Waals surface area contributed by atoms with Crippen LogP contribution >= 0.6 is 11.3 Å². The minimum Gasteiger partial charge on any atom is -0.328 e. The number of rotatable bonds is 3. The highest BCUT2D eigenvalue weighted by atomic mass is 32.1. The number of aryl methyl sites for hydroxylation is 1. The zero-order chi connectivity index (χ0) is 8.27. The van der Waals surface area contributed by atoms with Crippen molar-refractivity contribution in [1.82, 2.24) is 4.98 Å². The van der Waals surface area contributed by atoms with Crippen LogP contribution in [0.1, 0.15) is 10.7 Å². The molecule has 1 aromatic rings. The Balaban J connectivity index is 2.50. The van der Waals surface area contributed by atoms with Crippen molar-refractivity contribution in [1.29, 1.82) is 0 Å². The Bertz CT molecular complexity index is 224. The third kappa shape index (κ3) is 2.55. The second-order valence-electron chi connectivity index (χ2n) is 2.39. The number of thiazole rings is 1. The molecule has 2 nitrogen and oxygen atoms in total. The maximum atomic E-state index is 12.7. The Morgan fingerprint density at radius 3 is 3.00 bits per heavy atom. The van der Waals surface area contributed by atoms with Crippen LogP contribution in [0.4, 0.5) is 4.39 Å². The highest BCUT2D eigenvalue weighted by Gasteiger charge is 2.06. The molecule has 0 aliphatic heterocycles. The van der Waals surface area contributed by atoms with E-state index >= 15 is 0 Å². The highest BCUT2D eigenvalue weighted by Crippen LogP contribution is 2.10. The average molecular weight is 174 g/mol. The molecule has 0 bridgehead atoms. The van der Waals surface area contributed by atoms with Gasteiger partial charge >= 0.3 is 0 Å². The van der Waals surface area contributed by atoms with Gasteiger partial charge in [0.05, 0.1) is 10.7 Å². The predicted octanol–water partition coefficient (Wildman–Crippen LogP) is 1.29. The van der Waals surface area contributed by atoms with Gasteiger partial charge in [-0.2, -0.15) is 0 Å². The molecule has 0 aliphatic rings. The molecule has 1 aromatic heterocycles. The summed E-state index contributed by atoms with van der Waals surface area (Å²) >= 11 is 1.54. The summed E-state index contributed by atoms with van der Waals surface area (Å²) < 4.78 is 12.7.